The monoisotopic (exact) mass is 282 g/mol. The third-order valence-corrected chi connectivity index (χ3v) is 3.44. The second-order valence-electron chi connectivity index (χ2n) is 6.25. The second-order valence-corrected chi connectivity index (χ2v) is 6.25. The van der Waals surface area contributed by atoms with E-state index in [9.17, 15) is 4.79 Å². The number of carbonyl (C=O) groups excluding carboxylic acids is 1. The Labute approximate surface area is 126 Å². The van der Waals surface area contributed by atoms with Crippen LogP contribution in [0.5, 0.6) is 0 Å². The normalized spacial score (nSPS) is 11.2. The van der Waals surface area contributed by atoms with Crippen molar-refractivity contribution in [3.05, 3.63) is 59.7 Å². The molecule has 3 N–H and O–H groups in total. The SMILES string of the molecule is CC(C)(C)c1ccc(NC(=O)Cc2ccccc2N)cc1. The summed E-state index contributed by atoms with van der Waals surface area (Å²) in [6, 6.07) is 15.4. The van der Waals surface area contributed by atoms with Gasteiger partial charge in [-0.15, -0.1) is 0 Å². The molecule has 0 atom stereocenters. The highest BCUT2D eigenvalue weighted by atomic mass is 16.1. The first-order valence-corrected chi connectivity index (χ1v) is 7.10. The number of hydrogen-bond donors (Lipinski definition) is 2. The van der Waals surface area contributed by atoms with Gasteiger partial charge in [0.25, 0.3) is 0 Å². The van der Waals surface area contributed by atoms with Gasteiger partial charge in [0.05, 0.1) is 6.42 Å². The van der Waals surface area contributed by atoms with Crippen molar-refractivity contribution in [3.63, 3.8) is 0 Å². The Kier molecular flexibility index (Phi) is 4.32. The van der Waals surface area contributed by atoms with Crippen LogP contribution in [0, 0.1) is 0 Å². The van der Waals surface area contributed by atoms with E-state index in [4.69, 9.17) is 5.73 Å². The van der Waals surface area contributed by atoms with Crippen molar-refractivity contribution in [1.82, 2.24) is 0 Å². The first kappa shape index (κ1) is 15.1. The maximum atomic E-state index is 12.0. The van der Waals surface area contributed by atoms with Gasteiger partial charge in [-0.2, -0.15) is 0 Å². The number of para-hydroxylation sites is 1. The van der Waals surface area contributed by atoms with Crippen LogP contribution in [0.2, 0.25) is 0 Å². The lowest BCUT2D eigenvalue weighted by atomic mass is 9.87. The molecule has 0 spiro atoms. The smallest absolute Gasteiger partial charge is 0.228 e. The van der Waals surface area contributed by atoms with Gasteiger partial charge in [0.15, 0.2) is 0 Å². The van der Waals surface area contributed by atoms with Crippen LogP contribution in [0.3, 0.4) is 0 Å². The van der Waals surface area contributed by atoms with Gasteiger partial charge in [0, 0.05) is 11.4 Å². The fraction of sp³-hybridized carbons (Fsp3) is 0.278. The average Bonchev–Trinajstić information content (AvgIpc) is 2.41. The molecule has 0 heterocycles. The summed E-state index contributed by atoms with van der Waals surface area (Å²) < 4.78 is 0. The van der Waals surface area contributed by atoms with Crippen LogP contribution >= 0.6 is 0 Å². The van der Waals surface area contributed by atoms with Crippen LogP contribution in [0.25, 0.3) is 0 Å². The highest BCUT2D eigenvalue weighted by Gasteiger charge is 2.13. The van der Waals surface area contributed by atoms with Crippen molar-refractivity contribution in [2.45, 2.75) is 32.6 Å². The largest absolute Gasteiger partial charge is 0.398 e. The number of nitrogens with two attached hydrogens (primary N) is 1. The number of carbonyl (C=O) groups is 1. The number of nitrogen functional groups attached to an aromatic ring is 1. The predicted molar refractivity (Wildman–Crippen MR) is 88.3 cm³/mol. The van der Waals surface area contributed by atoms with Gasteiger partial charge in [-0.05, 0) is 34.7 Å². The minimum atomic E-state index is -0.0589. The summed E-state index contributed by atoms with van der Waals surface area (Å²) in [6.07, 6.45) is 0.285. The minimum Gasteiger partial charge on any atom is -0.398 e. The Balaban J connectivity index is 2.02. The van der Waals surface area contributed by atoms with Gasteiger partial charge in [0.2, 0.25) is 5.91 Å². The van der Waals surface area contributed by atoms with Gasteiger partial charge in [-0.25, -0.2) is 0 Å². The lowest BCUT2D eigenvalue weighted by Gasteiger charge is -2.19. The van der Waals surface area contributed by atoms with Crippen LogP contribution in [-0.2, 0) is 16.6 Å². The molecule has 3 nitrogen and oxygen atoms in total. The molecule has 2 rings (SSSR count). The molecule has 0 saturated heterocycles. The molecule has 1 amide bonds. The lowest BCUT2D eigenvalue weighted by Crippen LogP contribution is -2.16. The Morgan fingerprint density at radius 3 is 2.24 bits per heavy atom. The fourth-order valence-electron chi connectivity index (χ4n) is 2.13. The zero-order valence-electron chi connectivity index (χ0n) is 12.8. The number of rotatable bonds is 3. The molecule has 0 aromatic heterocycles. The third kappa shape index (κ3) is 4.09. The van der Waals surface area contributed by atoms with Crippen molar-refractivity contribution < 1.29 is 4.79 Å². The zero-order chi connectivity index (χ0) is 15.5. The number of benzene rings is 2. The topological polar surface area (TPSA) is 55.1 Å². The number of anilines is 2. The molecule has 2 aromatic carbocycles. The van der Waals surface area contributed by atoms with Gasteiger partial charge >= 0.3 is 0 Å². The Morgan fingerprint density at radius 1 is 1.05 bits per heavy atom. The standard InChI is InChI=1S/C18H22N2O/c1-18(2,3)14-8-10-15(11-9-14)20-17(21)12-13-6-4-5-7-16(13)19/h4-11H,12,19H2,1-3H3,(H,20,21). The zero-order valence-corrected chi connectivity index (χ0v) is 12.8. The average molecular weight is 282 g/mol. The van der Waals surface area contributed by atoms with Crippen LogP contribution in [-0.4, -0.2) is 5.91 Å². The summed E-state index contributed by atoms with van der Waals surface area (Å²) in [5.41, 5.74) is 9.51. The number of amides is 1. The molecule has 3 heteroatoms. The molecule has 0 aliphatic rings. The van der Waals surface area contributed by atoms with Gasteiger partial charge in [0.1, 0.15) is 0 Å². The number of nitrogens with one attached hydrogen (secondary N) is 1. The molecule has 0 saturated carbocycles. The maximum Gasteiger partial charge on any atom is 0.228 e. The third-order valence-electron chi connectivity index (χ3n) is 3.44. The van der Waals surface area contributed by atoms with E-state index in [2.05, 4.69) is 26.1 Å². The van der Waals surface area contributed by atoms with E-state index in [0.29, 0.717) is 5.69 Å². The number of hydrogen-bond acceptors (Lipinski definition) is 2. The van der Waals surface area contributed by atoms with E-state index >= 15 is 0 Å². The first-order chi connectivity index (χ1) is 9.86. The van der Waals surface area contributed by atoms with Crippen molar-refractivity contribution >= 4 is 17.3 Å². The highest BCUT2D eigenvalue weighted by Crippen LogP contribution is 2.23. The molecule has 21 heavy (non-hydrogen) atoms. The van der Waals surface area contributed by atoms with Crippen LogP contribution in [0.15, 0.2) is 48.5 Å². The highest BCUT2D eigenvalue weighted by molar-refractivity contribution is 5.93. The van der Waals surface area contributed by atoms with E-state index in [1.54, 1.807) is 6.07 Å². The summed E-state index contributed by atoms with van der Waals surface area (Å²) >= 11 is 0. The summed E-state index contributed by atoms with van der Waals surface area (Å²) in [4.78, 5) is 12.0. The van der Waals surface area contributed by atoms with E-state index in [-0.39, 0.29) is 17.7 Å². The molecule has 2 aromatic rings. The quantitative estimate of drug-likeness (QED) is 0.842. The van der Waals surface area contributed by atoms with Crippen LogP contribution < -0.4 is 11.1 Å². The molecule has 0 radical (unpaired) electrons. The van der Waals surface area contributed by atoms with Gasteiger partial charge in [-0.3, -0.25) is 4.79 Å². The Bertz CT molecular complexity index is 624. The lowest BCUT2D eigenvalue weighted by molar-refractivity contribution is -0.115. The summed E-state index contributed by atoms with van der Waals surface area (Å²) in [5.74, 6) is -0.0589. The molecule has 0 bridgehead atoms. The molecule has 0 unspecified atom stereocenters. The molecule has 110 valence electrons. The molecular weight excluding hydrogens is 260 g/mol. The van der Waals surface area contributed by atoms with E-state index in [1.165, 1.54) is 5.56 Å². The molecular formula is C18H22N2O. The van der Waals surface area contributed by atoms with Crippen molar-refractivity contribution in [2.75, 3.05) is 11.1 Å². The molecule has 0 fully saturated rings. The minimum absolute atomic E-state index is 0.0589. The van der Waals surface area contributed by atoms with Gasteiger partial charge in [-0.1, -0.05) is 51.1 Å². The van der Waals surface area contributed by atoms with Crippen LogP contribution in [0.1, 0.15) is 31.9 Å². The Hall–Kier alpha value is -2.29. The Morgan fingerprint density at radius 2 is 1.67 bits per heavy atom. The summed E-state index contributed by atoms with van der Waals surface area (Å²) in [6.45, 7) is 6.50. The van der Waals surface area contributed by atoms with Crippen molar-refractivity contribution in [3.8, 4) is 0 Å². The van der Waals surface area contributed by atoms with E-state index in [1.807, 2.05) is 42.5 Å². The molecule has 0 aliphatic heterocycles. The van der Waals surface area contributed by atoms with Crippen molar-refractivity contribution in [1.29, 1.82) is 0 Å². The summed E-state index contributed by atoms with van der Waals surface area (Å²) in [7, 11) is 0. The van der Waals surface area contributed by atoms with Crippen LogP contribution in [0.4, 0.5) is 11.4 Å². The predicted octanol–water partition coefficient (Wildman–Crippen LogP) is 3.75. The van der Waals surface area contributed by atoms with E-state index in [0.717, 1.165) is 11.3 Å². The first-order valence-electron chi connectivity index (χ1n) is 7.10. The van der Waals surface area contributed by atoms with Crippen molar-refractivity contribution in [2.24, 2.45) is 0 Å². The van der Waals surface area contributed by atoms with E-state index < -0.39 is 0 Å². The molecule has 0 aliphatic carbocycles. The maximum absolute atomic E-state index is 12.0. The van der Waals surface area contributed by atoms with Gasteiger partial charge < -0.3 is 11.1 Å². The fourth-order valence-corrected chi connectivity index (χ4v) is 2.13. The second kappa shape index (κ2) is 6.00. The summed E-state index contributed by atoms with van der Waals surface area (Å²) in [5, 5.41) is 2.90.